The van der Waals surface area contributed by atoms with Gasteiger partial charge < -0.3 is 10.2 Å². The minimum absolute atomic E-state index is 0.152. The molecule has 0 saturated heterocycles. The number of hydrogen-bond acceptors (Lipinski definition) is 6. The Kier molecular flexibility index (Phi) is 2.68. The first-order valence-electron chi connectivity index (χ1n) is 5.70. The van der Waals surface area contributed by atoms with Crippen LogP contribution in [-0.2, 0) is 0 Å². The number of aryl methyl sites for hydroxylation is 1. The Hall–Kier alpha value is -2.76. The average Bonchev–Trinajstić information content (AvgIpc) is 2.85. The molecule has 0 unspecified atom stereocenters. The summed E-state index contributed by atoms with van der Waals surface area (Å²) in [7, 11) is 0. The number of nitrogens with two attached hydrogens (primary N) is 1. The average molecular weight is 253 g/mol. The van der Waals surface area contributed by atoms with Crippen LogP contribution in [0.3, 0.4) is 0 Å². The molecule has 0 atom stereocenters. The van der Waals surface area contributed by atoms with Crippen LogP contribution in [0.4, 0.5) is 5.95 Å². The highest BCUT2D eigenvalue weighted by Gasteiger charge is 2.13. The third-order valence-electron chi connectivity index (χ3n) is 2.64. The third kappa shape index (κ3) is 2.15. The molecule has 19 heavy (non-hydrogen) atoms. The highest BCUT2D eigenvalue weighted by Crippen LogP contribution is 2.23. The smallest absolute Gasteiger partial charge is 0.224 e. The van der Waals surface area contributed by atoms with Crippen LogP contribution < -0.4 is 5.73 Å². The number of rotatable bonds is 2. The monoisotopic (exact) mass is 253 g/mol. The highest BCUT2D eigenvalue weighted by atomic mass is 16.3. The van der Waals surface area contributed by atoms with Gasteiger partial charge in [-0.1, -0.05) is 0 Å². The van der Waals surface area contributed by atoms with Crippen LogP contribution in [0.2, 0.25) is 0 Å². The van der Waals surface area contributed by atoms with Gasteiger partial charge in [0, 0.05) is 18.0 Å². The first kappa shape index (κ1) is 11.3. The number of aromatic nitrogens is 4. The van der Waals surface area contributed by atoms with Gasteiger partial charge in [-0.2, -0.15) is 9.97 Å². The quantitative estimate of drug-likeness (QED) is 0.751. The predicted molar refractivity (Wildman–Crippen MR) is 69.9 cm³/mol. The van der Waals surface area contributed by atoms with E-state index in [1.165, 1.54) is 0 Å². The summed E-state index contributed by atoms with van der Waals surface area (Å²) in [6.07, 6.45) is 4.95. The lowest BCUT2D eigenvalue weighted by Crippen LogP contribution is -2.02. The van der Waals surface area contributed by atoms with Gasteiger partial charge in [-0.05, 0) is 30.7 Å². The zero-order valence-corrected chi connectivity index (χ0v) is 10.2. The van der Waals surface area contributed by atoms with E-state index in [0.717, 1.165) is 11.1 Å². The van der Waals surface area contributed by atoms with Crippen LogP contribution in [0.1, 0.15) is 5.56 Å². The van der Waals surface area contributed by atoms with E-state index >= 15 is 0 Å². The largest absolute Gasteiger partial charge is 0.461 e. The number of anilines is 1. The van der Waals surface area contributed by atoms with Crippen molar-refractivity contribution in [2.75, 3.05) is 5.73 Å². The Labute approximate surface area is 109 Å². The molecule has 3 aromatic heterocycles. The summed E-state index contributed by atoms with van der Waals surface area (Å²) in [5.74, 6) is 1.65. The van der Waals surface area contributed by atoms with Crippen molar-refractivity contribution in [3.05, 3.63) is 42.4 Å². The molecular weight excluding hydrogens is 242 g/mol. The molecule has 0 aliphatic heterocycles. The first-order chi connectivity index (χ1) is 9.24. The molecule has 3 rings (SSSR count). The van der Waals surface area contributed by atoms with Gasteiger partial charge in [-0.15, -0.1) is 0 Å². The van der Waals surface area contributed by atoms with Gasteiger partial charge in [-0.3, -0.25) is 4.98 Å². The highest BCUT2D eigenvalue weighted by molar-refractivity contribution is 5.60. The second-order valence-corrected chi connectivity index (χ2v) is 4.02. The van der Waals surface area contributed by atoms with Crippen molar-refractivity contribution >= 4 is 5.95 Å². The van der Waals surface area contributed by atoms with Crippen molar-refractivity contribution in [3.63, 3.8) is 0 Å². The summed E-state index contributed by atoms with van der Waals surface area (Å²) in [6.45, 7) is 1.92. The van der Waals surface area contributed by atoms with E-state index in [-0.39, 0.29) is 5.95 Å². The van der Waals surface area contributed by atoms with Gasteiger partial charge in [0.1, 0.15) is 0 Å². The summed E-state index contributed by atoms with van der Waals surface area (Å²) >= 11 is 0. The molecule has 0 aliphatic carbocycles. The van der Waals surface area contributed by atoms with Crippen molar-refractivity contribution in [2.45, 2.75) is 6.92 Å². The molecular formula is C13H11N5O. The van der Waals surface area contributed by atoms with E-state index < -0.39 is 0 Å². The topological polar surface area (TPSA) is 90.7 Å². The van der Waals surface area contributed by atoms with E-state index in [1.54, 1.807) is 18.7 Å². The summed E-state index contributed by atoms with van der Waals surface area (Å²) in [4.78, 5) is 16.6. The maximum Gasteiger partial charge on any atom is 0.224 e. The first-order valence-corrected chi connectivity index (χ1v) is 5.70. The van der Waals surface area contributed by atoms with E-state index in [2.05, 4.69) is 19.9 Å². The molecule has 2 N–H and O–H groups in total. The van der Waals surface area contributed by atoms with E-state index in [4.69, 9.17) is 10.2 Å². The van der Waals surface area contributed by atoms with Gasteiger partial charge in [0.2, 0.25) is 11.8 Å². The SMILES string of the molecule is Cc1ccoc1-c1nc(N)nc(-c2cccnc2)n1. The predicted octanol–water partition coefficient (Wildman–Crippen LogP) is 2.08. The third-order valence-corrected chi connectivity index (χ3v) is 2.64. The molecule has 0 aliphatic rings. The van der Waals surface area contributed by atoms with Crippen LogP contribution in [0.25, 0.3) is 23.0 Å². The molecule has 94 valence electrons. The lowest BCUT2D eigenvalue weighted by atomic mass is 10.2. The standard InChI is InChI=1S/C13H11N5O/c1-8-4-6-19-10(8)12-16-11(17-13(14)18-12)9-3-2-5-15-7-9/h2-7H,1H3,(H2,14,16,17,18). The van der Waals surface area contributed by atoms with Crippen LogP contribution in [0.5, 0.6) is 0 Å². The second-order valence-electron chi connectivity index (χ2n) is 4.02. The number of nitrogens with zero attached hydrogens (tertiary/aromatic N) is 4. The zero-order chi connectivity index (χ0) is 13.2. The summed E-state index contributed by atoms with van der Waals surface area (Å²) in [5, 5.41) is 0. The Morgan fingerprint density at radius 1 is 1.11 bits per heavy atom. The van der Waals surface area contributed by atoms with Gasteiger partial charge in [0.25, 0.3) is 0 Å². The molecule has 0 fully saturated rings. The maximum atomic E-state index is 5.73. The van der Waals surface area contributed by atoms with Gasteiger partial charge in [-0.25, -0.2) is 4.98 Å². The van der Waals surface area contributed by atoms with Crippen LogP contribution in [0, 0.1) is 6.92 Å². The molecule has 3 heterocycles. The Morgan fingerprint density at radius 3 is 2.63 bits per heavy atom. The number of pyridine rings is 1. The molecule has 0 radical (unpaired) electrons. The van der Waals surface area contributed by atoms with E-state index in [9.17, 15) is 0 Å². The van der Waals surface area contributed by atoms with E-state index in [1.807, 2.05) is 25.1 Å². The summed E-state index contributed by atoms with van der Waals surface area (Å²) in [6, 6.07) is 5.52. The zero-order valence-electron chi connectivity index (χ0n) is 10.2. The van der Waals surface area contributed by atoms with Gasteiger partial charge in [0.15, 0.2) is 11.6 Å². The fourth-order valence-corrected chi connectivity index (χ4v) is 1.72. The molecule has 3 aromatic rings. The van der Waals surface area contributed by atoms with Crippen molar-refractivity contribution in [1.82, 2.24) is 19.9 Å². The lowest BCUT2D eigenvalue weighted by Gasteiger charge is -2.03. The van der Waals surface area contributed by atoms with Crippen LogP contribution in [-0.4, -0.2) is 19.9 Å². The normalized spacial score (nSPS) is 10.6. The van der Waals surface area contributed by atoms with Crippen molar-refractivity contribution in [3.8, 4) is 23.0 Å². The molecule has 0 saturated carbocycles. The molecule has 6 heteroatoms. The number of hydrogen-bond donors (Lipinski definition) is 1. The summed E-state index contributed by atoms with van der Waals surface area (Å²) < 4.78 is 5.37. The molecule has 6 nitrogen and oxygen atoms in total. The molecule has 0 amide bonds. The molecule has 0 aromatic carbocycles. The molecule has 0 bridgehead atoms. The minimum atomic E-state index is 0.152. The van der Waals surface area contributed by atoms with Crippen LogP contribution in [0.15, 0.2) is 41.3 Å². The van der Waals surface area contributed by atoms with Crippen molar-refractivity contribution < 1.29 is 4.42 Å². The van der Waals surface area contributed by atoms with Crippen molar-refractivity contribution in [2.24, 2.45) is 0 Å². The fraction of sp³-hybridized carbons (Fsp3) is 0.0769. The molecule has 0 spiro atoms. The Bertz CT molecular complexity index is 708. The van der Waals surface area contributed by atoms with Crippen molar-refractivity contribution in [1.29, 1.82) is 0 Å². The van der Waals surface area contributed by atoms with Gasteiger partial charge >= 0.3 is 0 Å². The second kappa shape index (κ2) is 4.49. The van der Waals surface area contributed by atoms with Gasteiger partial charge in [0.05, 0.1) is 6.26 Å². The maximum absolute atomic E-state index is 5.73. The number of nitrogen functional groups attached to an aromatic ring is 1. The van der Waals surface area contributed by atoms with Crippen LogP contribution >= 0.6 is 0 Å². The Balaban J connectivity index is 2.14. The van der Waals surface area contributed by atoms with E-state index in [0.29, 0.717) is 17.4 Å². The Morgan fingerprint density at radius 2 is 1.95 bits per heavy atom. The minimum Gasteiger partial charge on any atom is -0.461 e. The fourth-order valence-electron chi connectivity index (χ4n) is 1.72. The summed E-state index contributed by atoms with van der Waals surface area (Å²) in [5.41, 5.74) is 7.46. The lowest BCUT2D eigenvalue weighted by molar-refractivity contribution is 0.575. The number of furan rings is 1.